The van der Waals surface area contributed by atoms with Gasteiger partial charge in [0.2, 0.25) is 0 Å². The standard InChI is InChI=1S/C21H25NO5/c1-24-16-9-11-18(25-2)17(13-16)22-21(23)14-8-10-19(20(12-14)26-3)27-15-6-4-5-7-15/h8-13,15H,4-7H2,1-3H3,(H,22,23). The second-order valence-electron chi connectivity index (χ2n) is 6.41. The molecule has 1 amide bonds. The van der Waals surface area contributed by atoms with E-state index >= 15 is 0 Å². The van der Waals surface area contributed by atoms with Gasteiger partial charge in [0.1, 0.15) is 11.5 Å². The molecule has 1 N–H and O–H groups in total. The van der Waals surface area contributed by atoms with E-state index in [-0.39, 0.29) is 12.0 Å². The average Bonchev–Trinajstić information content (AvgIpc) is 3.21. The van der Waals surface area contributed by atoms with Gasteiger partial charge in [-0.2, -0.15) is 0 Å². The molecule has 0 heterocycles. The molecule has 2 aromatic rings. The van der Waals surface area contributed by atoms with Crippen LogP contribution in [0.25, 0.3) is 0 Å². The van der Waals surface area contributed by atoms with Gasteiger partial charge in [-0.05, 0) is 56.0 Å². The van der Waals surface area contributed by atoms with Gasteiger partial charge in [-0.25, -0.2) is 0 Å². The lowest BCUT2D eigenvalue weighted by Gasteiger charge is -2.17. The van der Waals surface area contributed by atoms with Crippen molar-refractivity contribution in [2.75, 3.05) is 26.6 Å². The van der Waals surface area contributed by atoms with Crippen molar-refractivity contribution in [2.24, 2.45) is 0 Å². The van der Waals surface area contributed by atoms with Gasteiger partial charge in [-0.1, -0.05) is 0 Å². The number of anilines is 1. The number of hydrogen-bond donors (Lipinski definition) is 1. The zero-order valence-electron chi connectivity index (χ0n) is 15.9. The zero-order valence-corrected chi connectivity index (χ0v) is 15.9. The molecule has 0 atom stereocenters. The summed E-state index contributed by atoms with van der Waals surface area (Å²) in [5, 5.41) is 2.86. The van der Waals surface area contributed by atoms with Gasteiger partial charge in [0.05, 0.1) is 33.1 Å². The van der Waals surface area contributed by atoms with Crippen molar-refractivity contribution in [1.82, 2.24) is 0 Å². The second-order valence-corrected chi connectivity index (χ2v) is 6.41. The molecule has 144 valence electrons. The Kier molecular flexibility index (Phi) is 6.06. The average molecular weight is 371 g/mol. The third kappa shape index (κ3) is 4.45. The van der Waals surface area contributed by atoms with Crippen LogP contribution < -0.4 is 24.3 Å². The van der Waals surface area contributed by atoms with E-state index in [1.807, 2.05) is 0 Å². The van der Waals surface area contributed by atoms with Crippen molar-refractivity contribution in [3.63, 3.8) is 0 Å². The SMILES string of the molecule is COc1ccc(OC)c(NC(=O)c2ccc(OC3CCCC3)c(OC)c2)c1. The van der Waals surface area contributed by atoms with Gasteiger partial charge < -0.3 is 24.3 Å². The highest BCUT2D eigenvalue weighted by Crippen LogP contribution is 2.33. The maximum Gasteiger partial charge on any atom is 0.255 e. The van der Waals surface area contributed by atoms with E-state index in [0.717, 1.165) is 12.8 Å². The Balaban J connectivity index is 1.78. The summed E-state index contributed by atoms with van der Waals surface area (Å²) >= 11 is 0. The fourth-order valence-corrected chi connectivity index (χ4v) is 3.20. The number of ether oxygens (including phenoxy) is 4. The van der Waals surface area contributed by atoms with Crippen LogP contribution >= 0.6 is 0 Å². The van der Waals surface area contributed by atoms with Gasteiger partial charge in [0.15, 0.2) is 11.5 Å². The molecule has 0 unspecified atom stereocenters. The summed E-state index contributed by atoms with van der Waals surface area (Å²) in [4.78, 5) is 12.7. The van der Waals surface area contributed by atoms with Gasteiger partial charge >= 0.3 is 0 Å². The number of rotatable bonds is 7. The molecule has 0 saturated heterocycles. The first-order valence-corrected chi connectivity index (χ1v) is 9.02. The van der Waals surface area contributed by atoms with Gasteiger partial charge in [-0.3, -0.25) is 4.79 Å². The van der Waals surface area contributed by atoms with E-state index in [2.05, 4.69) is 5.32 Å². The normalized spacial score (nSPS) is 13.9. The monoisotopic (exact) mass is 371 g/mol. The molecule has 0 spiro atoms. The van der Waals surface area contributed by atoms with Gasteiger partial charge in [0, 0.05) is 11.6 Å². The van der Waals surface area contributed by atoms with Crippen molar-refractivity contribution in [3.8, 4) is 23.0 Å². The smallest absolute Gasteiger partial charge is 0.255 e. The Bertz CT molecular complexity index is 799. The van der Waals surface area contributed by atoms with Gasteiger partial charge in [0.25, 0.3) is 5.91 Å². The van der Waals surface area contributed by atoms with E-state index in [1.54, 1.807) is 57.7 Å². The molecule has 0 bridgehead atoms. The number of carbonyl (C=O) groups excluding carboxylic acids is 1. The summed E-state index contributed by atoms with van der Waals surface area (Å²) in [5.41, 5.74) is 1.00. The molecule has 1 fully saturated rings. The predicted octanol–water partition coefficient (Wildman–Crippen LogP) is 4.29. The van der Waals surface area contributed by atoms with E-state index in [1.165, 1.54) is 12.8 Å². The summed E-state index contributed by atoms with van der Waals surface area (Å²) < 4.78 is 22.0. The number of carbonyl (C=O) groups is 1. The van der Waals surface area contributed by atoms with E-state index < -0.39 is 0 Å². The van der Waals surface area contributed by atoms with Crippen molar-refractivity contribution in [2.45, 2.75) is 31.8 Å². The van der Waals surface area contributed by atoms with E-state index in [4.69, 9.17) is 18.9 Å². The molecule has 27 heavy (non-hydrogen) atoms. The first-order chi connectivity index (χ1) is 13.1. The number of amides is 1. The molecule has 0 aliphatic heterocycles. The highest BCUT2D eigenvalue weighted by atomic mass is 16.5. The van der Waals surface area contributed by atoms with Crippen LogP contribution in [0.15, 0.2) is 36.4 Å². The van der Waals surface area contributed by atoms with Crippen LogP contribution in [0.4, 0.5) is 5.69 Å². The highest BCUT2D eigenvalue weighted by Gasteiger charge is 2.19. The maximum atomic E-state index is 12.7. The van der Waals surface area contributed by atoms with Crippen LogP contribution in [0.2, 0.25) is 0 Å². The third-order valence-electron chi connectivity index (χ3n) is 4.68. The lowest BCUT2D eigenvalue weighted by Crippen LogP contribution is -2.14. The number of methoxy groups -OCH3 is 3. The quantitative estimate of drug-likeness (QED) is 0.787. The molecule has 0 radical (unpaired) electrons. The Morgan fingerprint density at radius 2 is 1.59 bits per heavy atom. The van der Waals surface area contributed by atoms with Crippen LogP contribution in [0, 0.1) is 0 Å². The lowest BCUT2D eigenvalue weighted by molar-refractivity contribution is 0.102. The first kappa shape index (κ1) is 18.9. The minimum absolute atomic E-state index is 0.222. The Morgan fingerprint density at radius 3 is 2.26 bits per heavy atom. The number of nitrogens with one attached hydrogen (secondary N) is 1. The minimum Gasteiger partial charge on any atom is -0.497 e. The Morgan fingerprint density at radius 1 is 0.889 bits per heavy atom. The Labute approximate surface area is 159 Å². The summed E-state index contributed by atoms with van der Waals surface area (Å²) in [7, 11) is 4.70. The molecule has 0 aromatic heterocycles. The summed E-state index contributed by atoms with van der Waals surface area (Å²) in [6.07, 6.45) is 4.72. The summed E-state index contributed by atoms with van der Waals surface area (Å²) in [5.74, 6) is 2.13. The molecule has 1 aliphatic carbocycles. The molecular weight excluding hydrogens is 346 g/mol. The molecule has 6 nitrogen and oxygen atoms in total. The van der Waals surface area contributed by atoms with E-state index in [0.29, 0.717) is 34.2 Å². The summed E-state index contributed by atoms with van der Waals surface area (Å²) in [6.45, 7) is 0. The van der Waals surface area contributed by atoms with Crippen LogP contribution in [-0.4, -0.2) is 33.3 Å². The molecule has 6 heteroatoms. The zero-order chi connectivity index (χ0) is 19.2. The topological polar surface area (TPSA) is 66.0 Å². The second kappa shape index (κ2) is 8.66. The van der Waals surface area contributed by atoms with Crippen molar-refractivity contribution in [3.05, 3.63) is 42.0 Å². The number of hydrogen-bond acceptors (Lipinski definition) is 5. The van der Waals surface area contributed by atoms with Crippen molar-refractivity contribution in [1.29, 1.82) is 0 Å². The fraction of sp³-hybridized carbons (Fsp3) is 0.381. The first-order valence-electron chi connectivity index (χ1n) is 9.02. The number of benzene rings is 2. The van der Waals surface area contributed by atoms with Crippen LogP contribution in [0.5, 0.6) is 23.0 Å². The maximum absolute atomic E-state index is 12.7. The van der Waals surface area contributed by atoms with Crippen molar-refractivity contribution < 1.29 is 23.7 Å². The molecular formula is C21H25NO5. The molecule has 2 aromatic carbocycles. The molecule has 3 rings (SSSR count). The predicted molar refractivity (Wildman–Crippen MR) is 103 cm³/mol. The van der Waals surface area contributed by atoms with Crippen LogP contribution in [0.1, 0.15) is 36.0 Å². The lowest BCUT2D eigenvalue weighted by atomic mass is 10.1. The van der Waals surface area contributed by atoms with Crippen LogP contribution in [0.3, 0.4) is 0 Å². The molecule has 1 aliphatic rings. The third-order valence-corrected chi connectivity index (χ3v) is 4.68. The largest absolute Gasteiger partial charge is 0.497 e. The Hall–Kier alpha value is -2.89. The van der Waals surface area contributed by atoms with E-state index in [9.17, 15) is 4.79 Å². The highest BCUT2D eigenvalue weighted by molar-refractivity contribution is 6.05. The van der Waals surface area contributed by atoms with Crippen molar-refractivity contribution >= 4 is 11.6 Å². The van der Waals surface area contributed by atoms with Crippen LogP contribution in [-0.2, 0) is 0 Å². The minimum atomic E-state index is -0.271. The summed E-state index contributed by atoms with van der Waals surface area (Å²) in [6, 6.07) is 10.4. The fourth-order valence-electron chi connectivity index (χ4n) is 3.20. The molecule has 1 saturated carbocycles. The van der Waals surface area contributed by atoms with Gasteiger partial charge in [-0.15, -0.1) is 0 Å².